The number of hydrogen-bond acceptors (Lipinski definition) is 3. The second-order valence-electron chi connectivity index (χ2n) is 5.06. The van der Waals surface area contributed by atoms with Gasteiger partial charge in [0.05, 0.1) is 6.04 Å². The first-order chi connectivity index (χ1) is 8.79. The van der Waals surface area contributed by atoms with Gasteiger partial charge in [-0.1, -0.05) is 6.92 Å². The van der Waals surface area contributed by atoms with Crippen molar-refractivity contribution in [3.63, 3.8) is 0 Å². The van der Waals surface area contributed by atoms with Gasteiger partial charge in [0.2, 0.25) is 5.91 Å². The van der Waals surface area contributed by atoms with Crippen molar-refractivity contribution in [1.82, 2.24) is 5.32 Å². The van der Waals surface area contributed by atoms with Crippen molar-refractivity contribution in [1.29, 1.82) is 0 Å². The van der Waals surface area contributed by atoms with Gasteiger partial charge in [-0.05, 0) is 32.8 Å². The average molecular weight is 267 g/mol. The zero-order chi connectivity index (χ0) is 14.6. The molecular weight excluding hydrogens is 246 g/mol. The average Bonchev–Trinajstić information content (AvgIpc) is 2.55. The predicted octanol–water partition coefficient (Wildman–Crippen LogP) is 2.57. The van der Waals surface area contributed by atoms with Gasteiger partial charge in [-0.25, -0.2) is 0 Å². The van der Waals surface area contributed by atoms with Crippen molar-refractivity contribution < 1.29 is 19.1 Å². The minimum Gasteiger partial charge on any atom is -0.481 e. The fourth-order valence-corrected chi connectivity index (χ4v) is 2.15. The number of carbonyl (C=O) groups excluding carboxylic acids is 1. The Balaban J connectivity index is 2.52. The van der Waals surface area contributed by atoms with E-state index >= 15 is 0 Å². The van der Waals surface area contributed by atoms with E-state index in [9.17, 15) is 9.59 Å². The highest BCUT2D eigenvalue weighted by molar-refractivity contribution is 5.77. The van der Waals surface area contributed by atoms with Gasteiger partial charge in [0.1, 0.15) is 11.5 Å². The predicted molar refractivity (Wildman–Crippen MR) is 70.8 cm³/mol. The van der Waals surface area contributed by atoms with Crippen molar-refractivity contribution in [3.05, 3.63) is 23.2 Å². The van der Waals surface area contributed by atoms with Crippen molar-refractivity contribution in [3.8, 4) is 0 Å². The molecule has 0 aromatic carbocycles. The summed E-state index contributed by atoms with van der Waals surface area (Å²) in [5.74, 6) is 0.419. The lowest BCUT2D eigenvalue weighted by Crippen LogP contribution is -2.28. The molecule has 0 aliphatic carbocycles. The van der Waals surface area contributed by atoms with E-state index in [1.54, 1.807) is 6.92 Å². The molecule has 1 aromatic rings. The van der Waals surface area contributed by atoms with E-state index in [1.165, 1.54) is 0 Å². The molecule has 1 rings (SSSR count). The molecule has 106 valence electrons. The van der Waals surface area contributed by atoms with Crippen LogP contribution in [0.1, 0.15) is 49.8 Å². The number of amides is 1. The number of carboxylic acid groups (broad SMARTS) is 1. The number of carboxylic acids is 1. The highest BCUT2D eigenvalue weighted by Gasteiger charge is 2.17. The molecule has 2 unspecified atom stereocenters. The van der Waals surface area contributed by atoms with Gasteiger partial charge in [-0.2, -0.15) is 0 Å². The lowest BCUT2D eigenvalue weighted by atomic mass is 10.0. The van der Waals surface area contributed by atoms with Gasteiger partial charge in [0, 0.05) is 18.4 Å². The van der Waals surface area contributed by atoms with Crippen LogP contribution in [0.3, 0.4) is 0 Å². The van der Waals surface area contributed by atoms with Crippen LogP contribution in [0, 0.1) is 19.8 Å². The van der Waals surface area contributed by atoms with E-state index in [1.807, 2.05) is 26.8 Å². The zero-order valence-corrected chi connectivity index (χ0v) is 11.8. The Morgan fingerprint density at radius 2 is 1.95 bits per heavy atom. The van der Waals surface area contributed by atoms with Crippen molar-refractivity contribution in [2.24, 2.45) is 5.92 Å². The number of carbonyl (C=O) groups is 2. The molecule has 5 heteroatoms. The number of furan rings is 1. The molecule has 2 N–H and O–H groups in total. The van der Waals surface area contributed by atoms with E-state index < -0.39 is 5.97 Å². The Morgan fingerprint density at radius 3 is 2.42 bits per heavy atom. The Labute approximate surface area is 113 Å². The SMILES string of the molecule is Cc1cc(C(C)NC(=O)CC(C)CC(=O)O)c(C)o1. The molecule has 0 bridgehead atoms. The molecule has 0 aliphatic rings. The summed E-state index contributed by atoms with van der Waals surface area (Å²) in [7, 11) is 0. The molecule has 0 saturated heterocycles. The molecule has 2 atom stereocenters. The molecule has 0 saturated carbocycles. The minimum atomic E-state index is -0.880. The van der Waals surface area contributed by atoms with E-state index in [0.717, 1.165) is 17.1 Å². The quantitative estimate of drug-likeness (QED) is 0.830. The Bertz CT molecular complexity index is 464. The third kappa shape index (κ3) is 4.77. The minimum absolute atomic E-state index is 0.00560. The van der Waals surface area contributed by atoms with Gasteiger partial charge in [-0.15, -0.1) is 0 Å². The summed E-state index contributed by atoms with van der Waals surface area (Å²) in [6, 6.07) is 1.77. The third-order valence-corrected chi connectivity index (χ3v) is 2.98. The van der Waals surface area contributed by atoms with Crippen LogP contribution < -0.4 is 5.32 Å². The summed E-state index contributed by atoms with van der Waals surface area (Å²) in [6.45, 7) is 7.36. The smallest absolute Gasteiger partial charge is 0.303 e. The number of aliphatic carboxylic acids is 1. The summed E-state index contributed by atoms with van der Waals surface area (Å²) in [4.78, 5) is 22.3. The largest absolute Gasteiger partial charge is 0.481 e. The fraction of sp³-hybridized carbons (Fsp3) is 0.571. The number of aryl methyl sites for hydroxylation is 2. The monoisotopic (exact) mass is 267 g/mol. The molecule has 1 amide bonds. The molecule has 5 nitrogen and oxygen atoms in total. The van der Waals surface area contributed by atoms with Crippen LogP contribution in [0.15, 0.2) is 10.5 Å². The molecule has 0 radical (unpaired) electrons. The standard InChI is InChI=1S/C14H21NO4/c1-8(6-14(17)18)5-13(16)15-10(3)12-7-9(2)19-11(12)4/h7-8,10H,5-6H2,1-4H3,(H,15,16)(H,17,18). The van der Waals surface area contributed by atoms with Crippen molar-refractivity contribution in [2.45, 2.75) is 46.6 Å². The number of rotatable bonds is 6. The van der Waals surface area contributed by atoms with Gasteiger partial charge in [-0.3, -0.25) is 9.59 Å². The number of hydrogen-bond donors (Lipinski definition) is 2. The Kier molecular flexibility index (Phi) is 5.15. The second kappa shape index (κ2) is 6.41. The van der Waals surface area contributed by atoms with E-state index in [-0.39, 0.29) is 30.7 Å². The third-order valence-electron chi connectivity index (χ3n) is 2.98. The molecule has 19 heavy (non-hydrogen) atoms. The first kappa shape index (κ1) is 15.3. The van der Waals surface area contributed by atoms with E-state index in [0.29, 0.717) is 0 Å². The van der Waals surface area contributed by atoms with Crippen molar-refractivity contribution in [2.75, 3.05) is 0 Å². The molecule has 1 aromatic heterocycles. The Morgan fingerprint density at radius 1 is 1.32 bits per heavy atom. The topological polar surface area (TPSA) is 79.5 Å². The van der Waals surface area contributed by atoms with Gasteiger partial charge >= 0.3 is 5.97 Å². The first-order valence-electron chi connectivity index (χ1n) is 6.37. The van der Waals surface area contributed by atoms with Crippen LogP contribution in [0.2, 0.25) is 0 Å². The normalized spacial score (nSPS) is 13.9. The second-order valence-corrected chi connectivity index (χ2v) is 5.06. The summed E-state index contributed by atoms with van der Waals surface area (Å²) in [5, 5.41) is 11.5. The summed E-state index contributed by atoms with van der Waals surface area (Å²) in [6.07, 6.45) is 0.220. The molecule has 0 fully saturated rings. The maximum atomic E-state index is 11.8. The Hall–Kier alpha value is -1.78. The van der Waals surface area contributed by atoms with E-state index in [2.05, 4.69) is 5.32 Å². The highest BCUT2D eigenvalue weighted by atomic mass is 16.4. The summed E-state index contributed by atoms with van der Waals surface area (Å²) < 4.78 is 5.42. The summed E-state index contributed by atoms with van der Waals surface area (Å²) >= 11 is 0. The molecule has 1 heterocycles. The summed E-state index contributed by atoms with van der Waals surface area (Å²) in [5.41, 5.74) is 0.955. The number of nitrogens with one attached hydrogen (secondary N) is 1. The van der Waals surface area contributed by atoms with Crippen LogP contribution >= 0.6 is 0 Å². The van der Waals surface area contributed by atoms with Crippen LogP contribution in [-0.2, 0) is 9.59 Å². The molecular formula is C14H21NO4. The zero-order valence-electron chi connectivity index (χ0n) is 11.8. The maximum Gasteiger partial charge on any atom is 0.303 e. The lowest BCUT2D eigenvalue weighted by Gasteiger charge is -2.15. The first-order valence-corrected chi connectivity index (χ1v) is 6.37. The fourth-order valence-electron chi connectivity index (χ4n) is 2.15. The van der Waals surface area contributed by atoms with E-state index in [4.69, 9.17) is 9.52 Å². The van der Waals surface area contributed by atoms with Crippen LogP contribution in [0.4, 0.5) is 0 Å². The maximum absolute atomic E-state index is 11.8. The van der Waals surface area contributed by atoms with Crippen molar-refractivity contribution >= 4 is 11.9 Å². The van der Waals surface area contributed by atoms with Gasteiger partial charge in [0.15, 0.2) is 0 Å². The van der Waals surface area contributed by atoms with Crippen LogP contribution in [0.25, 0.3) is 0 Å². The van der Waals surface area contributed by atoms with Gasteiger partial charge in [0.25, 0.3) is 0 Å². The molecule has 0 spiro atoms. The lowest BCUT2D eigenvalue weighted by molar-refractivity contribution is -0.138. The van der Waals surface area contributed by atoms with Crippen LogP contribution in [-0.4, -0.2) is 17.0 Å². The highest BCUT2D eigenvalue weighted by Crippen LogP contribution is 2.21. The van der Waals surface area contributed by atoms with Crippen LogP contribution in [0.5, 0.6) is 0 Å². The molecule has 0 aliphatic heterocycles. The van der Waals surface area contributed by atoms with Gasteiger partial charge < -0.3 is 14.8 Å².